The van der Waals surface area contributed by atoms with Crippen LogP contribution in [0.2, 0.25) is 0 Å². The Morgan fingerprint density at radius 3 is 2.69 bits per heavy atom. The molecule has 0 aromatic carbocycles. The minimum atomic E-state index is -0.222. The second kappa shape index (κ2) is 3.83. The van der Waals surface area contributed by atoms with E-state index in [9.17, 15) is 9.59 Å². The fraction of sp³-hybridized carbons (Fsp3) is 0.714. The van der Waals surface area contributed by atoms with Gasteiger partial charge in [-0.2, -0.15) is 0 Å². The van der Waals surface area contributed by atoms with Crippen LogP contribution in [-0.2, 0) is 9.59 Å². The highest BCUT2D eigenvalue weighted by molar-refractivity contribution is 5.90. The van der Waals surface area contributed by atoms with Crippen molar-refractivity contribution in [2.75, 3.05) is 0 Å². The molecule has 0 aliphatic heterocycles. The standard InChI is InChI=1S/C14H20O2/c1-9(2)10-6-11-8-12(15)4-5-14(11,3)13(16)7-10/h10-11H,1,4-8H2,2-3H3/t10-,11+,14-/m0/s1. The van der Waals surface area contributed by atoms with E-state index in [2.05, 4.69) is 13.5 Å². The molecule has 0 saturated heterocycles. The molecule has 0 bridgehead atoms. The van der Waals surface area contributed by atoms with E-state index in [0.29, 0.717) is 36.7 Å². The Bertz CT molecular complexity index is 356. The van der Waals surface area contributed by atoms with Gasteiger partial charge in [-0.05, 0) is 31.6 Å². The number of hydrogen-bond acceptors (Lipinski definition) is 2. The predicted molar refractivity (Wildman–Crippen MR) is 63.0 cm³/mol. The Morgan fingerprint density at radius 1 is 1.38 bits per heavy atom. The van der Waals surface area contributed by atoms with Crippen molar-refractivity contribution in [3.63, 3.8) is 0 Å². The molecule has 2 nitrogen and oxygen atoms in total. The molecule has 0 heterocycles. The molecule has 0 aromatic heterocycles. The summed E-state index contributed by atoms with van der Waals surface area (Å²) in [5.74, 6) is 1.25. The van der Waals surface area contributed by atoms with Gasteiger partial charge in [0.1, 0.15) is 11.6 Å². The van der Waals surface area contributed by atoms with Gasteiger partial charge in [-0.1, -0.05) is 19.1 Å². The summed E-state index contributed by atoms with van der Waals surface area (Å²) in [6, 6.07) is 0. The first-order valence-electron chi connectivity index (χ1n) is 6.14. The maximum Gasteiger partial charge on any atom is 0.139 e. The van der Waals surface area contributed by atoms with Gasteiger partial charge in [-0.15, -0.1) is 0 Å². The van der Waals surface area contributed by atoms with E-state index in [4.69, 9.17) is 0 Å². The smallest absolute Gasteiger partial charge is 0.139 e. The topological polar surface area (TPSA) is 34.1 Å². The summed E-state index contributed by atoms with van der Waals surface area (Å²) in [7, 11) is 0. The average molecular weight is 220 g/mol. The summed E-state index contributed by atoms with van der Waals surface area (Å²) in [6.07, 6.45) is 3.57. The zero-order chi connectivity index (χ0) is 11.9. The number of hydrogen-bond donors (Lipinski definition) is 0. The molecule has 0 amide bonds. The number of rotatable bonds is 1. The summed E-state index contributed by atoms with van der Waals surface area (Å²) in [4.78, 5) is 23.7. The Balaban J connectivity index is 2.23. The minimum absolute atomic E-state index is 0.222. The van der Waals surface area contributed by atoms with Crippen LogP contribution in [0, 0.1) is 17.3 Å². The summed E-state index contributed by atoms with van der Waals surface area (Å²) in [6.45, 7) is 8.00. The molecule has 3 atom stereocenters. The molecular weight excluding hydrogens is 200 g/mol. The van der Waals surface area contributed by atoms with Gasteiger partial charge in [0, 0.05) is 24.7 Å². The van der Waals surface area contributed by atoms with Crippen molar-refractivity contribution in [2.24, 2.45) is 17.3 Å². The maximum absolute atomic E-state index is 12.2. The normalized spacial score (nSPS) is 39.4. The fourth-order valence-electron chi connectivity index (χ4n) is 3.18. The molecule has 0 unspecified atom stereocenters. The molecule has 2 saturated carbocycles. The van der Waals surface area contributed by atoms with E-state index in [1.54, 1.807) is 0 Å². The highest BCUT2D eigenvalue weighted by atomic mass is 16.1. The van der Waals surface area contributed by atoms with E-state index < -0.39 is 0 Å². The second-order valence-electron chi connectivity index (χ2n) is 5.76. The van der Waals surface area contributed by atoms with Crippen LogP contribution in [0.15, 0.2) is 12.2 Å². The van der Waals surface area contributed by atoms with E-state index >= 15 is 0 Å². The van der Waals surface area contributed by atoms with Gasteiger partial charge >= 0.3 is 0 Å². The summed E-state index contributed by atoms with van der Waals surface area (Å²) < 4.78 is 0. The number of carbonyl (C=O) groups is 2. The SMILES string of the molecule is C=C(C)[C@@H]1CC(=O)[C@@]2(C)CCC(=O)C[C@H]2C1. The quantitative estimate of drug-likeness (QED) is 0.637. The number of Topliss-reactive ketones (excluding diaryl/α,β-unsaturated/α-hetero) is 2. The molecular formula is C14H20O2. The highest BCUT2D eigenvalue weighted by Crippen LogP contribution is 2.49. The molecule has 0 radical (unpaired) electrons. The molecule has 0 aromatic rings. The van der Waals surface area contributed by atoms with Gasteiger partial charge in [0.25, 0.3) is 0 Å². The van der Waals surface area contributed by atoms with Gasteiger partial charge in [0.15, 0.2) is 0 Å². The molecule has 88 valence electrons. The first-order valence-corrected chi connectivity index (χ1v) is 6.14. The molecule has 2 aliphatic rings. The van der Waals surface area contributed by atoms with Crippen molar-refractivity contribution in [1.82, 2.24) is 0 Å². The van der Waals surface area contributed by atoms with Crippen molar-refractivity contribution in [3.05, 3.63) is 12.2 Å². The first-order chi connectivity index (χ1) is 7.43. The molecule has 2 fully saturated rings. The predicted octanol–water partition coefficient (Wildman–Crippen LogP) is 2.92. The number of fused-ring (bicyclic) bond motifs is 1. The third-order valence-electron chi connectivity index (χ3n) is 4.63. The van der Waals surface area contributed by atoms with Gasteiger partial charge < -0.3 is 0 Å². The van der Waals surface area contributed by atoms with Gasteiger partial charge in [0.05, 0.1) is 0 Å². The molecule has 16 heavy (non-hydrogen) atoms. The van der Waals surface area contributed by atoms with Gasteiger partial charge in [0.2, 0.25) is 0 Å². The molecule has 2 heteroatoms. The van der Waals surface area contributed by atoms with E-state index in [1.807, 2.05) is 6.92 Å². The van der Waals surface area contributed by atoms with Crippen molar-refractivity contribution in [3.8, 4) is 0 Å². The Labute approximate surface area is 97.1 Å². The highest BCUT2D eigenvalue weighted by Gasteiger charge is 2.48. The molecule has 2 rings (SSSR count). The Morgan fingerprint density at radius 2 is 2.06 bits per heavy atom. The lowest BCUT2D eigenvalue weighted by atomic mass is 9.57. The van der Waals surface area contributed by atoms with E-state index in [-0.39, 0.29) is 11.3 Å². The molecule has 0 N–H and O–H groups in total. The van der Waals surface area contributed by atoms with Crippen LogP contribution < -0.4 is 0 Å². The van der Waals surface area contributed by atoms with E-state index in [1.165, 1.54) is 0 Å². The van der Waals surface area contributed by atoms with Crippen molar-refractivity contribution in [1.29, 1.82) is 0 Å². The van der Waals surface area contributed by atoms with Crippen molar-refractivity contribution >= 4 is 11.6 Å². The number of ketones is 2. The Kier molecular flexibility index (Phi) is 2.77. The third-order valence-corrected chi connectivity index (χ3v) is 4.63. The Hall–Kier alpha value is -0.920. The summed E-state index contributed by atoms with van der Waals surface area (Å²) in [5.41, 5.74) is 0.869. The zero-order valence-electron chi connectivity index (χ0n) is 10.2. The largest absolute Gasteiger partial charge is 0.300 e. The molecule has 2 aliphatic carbocycles. The zero-order valence-corrected chi connectivity index (χ0v) is 10.2. The lowest BCUT2D eigenvalue weighted by molar-refractivity contribution is -0.142. The maximum atomic E-state index is 12.2. The van der Waals surface area contributed by atoms with Crippen LogP contribution in [0.5, 0.6) is 0 Å². The third kappa shape index (κ3) is 1.74. The lowest BCUT2D eigenvalue weighted by Crippen LogP contribution is -2.46. The first kappa shape index (κ1) is 11.6. The molecule has 0 spiro atoms. The van der Waals surface area contributed by atoms with Crippen molar-refractivity contribution < 1.29 is 9.59 Å². The number of carbonyl (C=O) groups excluding carboxylic acids is 2. The summed E-state index contributed by atoms with van der Waals surface area (Å²) >= 11 is 0. The van der Waals surface area contributed by atoms with Crippen LogP contribution in [0.4, 0.5) is 0 Å². The van der Waals surface area contributed by atoms with E-state index in [0.717, 1.165) is 18.4 Å². The minimum Gasteiger partial charge on any atom is -0.300 e. The fourth-order valence-corrected chi connectivity index (χ4v) is 3.18. The van der Waals surface area contributed by atoms with Gasteiger partial charge in [-0.25, -0.2) is 0 Å². The monoisotopic (exact) mass is 220 g/mol. The van der Waals surface area contributed by atoms with Crippen LogP contribution in [0.1, 0.15) is 46.0 Å². The van der Waals surface area contributed by atoms with Crippen molar-refractivity contribution in [2.45, 2.75) is 46.0 Å². The van der Waals surface area contributed by atoms with Gasteiger partial charge in [-0.3, -0.25) is 9.59 Å². The summed E-state index contributed by atoms with van der Waals surface area (Å²) in [5, 5.41) is 0. The van der Waals surface area contributed by atoms with Crippen LogP contribution in [0.25, 0.3) is 0 Å². The lowest BCUT2D eigenvalue weighted by Gasteiger charge is -2.45. The van der Waals surface area contributed by atoms with Crippen LogP contribution >= 0.6 is 0 Å². The number of allylic oxidation sites excluding steroid dienone is 1. The van der Waals surface area contributed by atoms with Crippen LogP contribution in [0.3, 0.4) is 0 Å². The average Bonchev–Trinajstić information content (AvgIpc) is 2.21. The van der Waals surface area contributed by atoms with Crippen LogP contribution in [-0.4, -0.2) is 11.6 Å². The second-order valence-corrected chi connectivity index (χ2v) is 5.76.